The number of hydrogen-bond acceptors (Lipinski definition) is 4. The minimum absolute atomic E-state index is 0.0164. The summed E-state index contributed by atoms with van der Waals surface area (Å²) in [6.07, 6.45) is 2.41. The van der Waals surface area contributed by atoms with E-state index in [1.54, 1.807) is 10.9 Å². The lowest BCUT2D eigenvalue weighted by atomic mass is 10.1. The number of amides is 1. The summed E-state index contributed by atoms with van der Waals surface area (Å²) in [6, 6.07) is 7.71. The highest BCUT2D eigenvalue weighted by Gasteiger charge is 2.29. The molecule has 0 aliphatic carbocycles. The van der Waals surface area contributed by atoms with Gasteiger partial charge in [0.15, 0.2) is 0 Å². The highest BCUT2D eigenvalue weighted by Crippen LogP contribution is 2.30. The molecule has 2 aromatic rings. The second kappa shape index (κ2) is 6.36. The largest absolute Gasteiger partial charge is 0.370 e. The zero-order valence-corrected chi connectivity index (χ0v) is 13.1. The molecule has 1 fully saturated rings. The first-order valence-electron chi connectivity index (χ1n) is 7.37. The monoisotopic (exact) mass is 319 g/mol. The van der Waals surface area contributed by atoms with Gasteiger partial charge in [0.2, 0.25) is 11.9 Å². The van der Waals surface area contributed by atoms with Gasteiger partial charge in [0.05, 0.1) is 16.6 Å². The Balaban J connectivity index is 1.65. The standard InChI is InChI=1S/C15H18ClN5O/c1-2-20-10-17-19-15(20)18-14(22)11-7-8-21(9-11)13-6-4-3-5-12(13)16/h3-6,10-11H,2,7-9H2,1H3,(H,18,19,22). The van der Waals surface area contributed by atoms with Crippen LogP contribution < -0.4 is 10.2 Å². The molecule has 1 aliphatic rings. The van der Waals surface area contributed by atoms with Crippen LogP contribution in [0.2, 0.25) is 5.02 Å². The van der Waals surface area contributed by atoms with Crippen molar-refractivity contribution in [3.8, 4) is 0 Å². The second-order valence-electron chi connectivity index (χ2n) is 5.31. The molecule has 22 heavy (non-hydrogen) atoms. The summed E-state index contributed by atoms with van der Waals surface area (Å²) >= 11 is 6.22. The Morgan fingerprint density at radius 1 is 1.45 bits per heavy atom. The van der Waals surface area contributed by atoms with Crippen molar-refractivity contribution < 1.29 is 4.79 Å². The van der Waals surface area contributed by atoms with Gasteiger partial charge in [-0.3, -0.25) is 10.1 Å². The van der Waals surface area contributed by atoms with Crippen LogP contribution in [0.3, 0.4) is 0 Å². The number of nitrogens with one attached hydrogen (secondary N) is 1. The number of halogens is 1. The van der Waals surface area contributed by atoms with Gasteiger partial charge in [0.25, 0.3) is 0 Å². The maximum Gasteiger partial charge on any atom is 0.231 e. The van der Waals surface area contributed by atoms with Gasteiger partial charge in [-0.1, -0.05) is 23.7 Å². The van der Waals surface area contributed by atoms with E-state index < -0.39 is 0 Å². The zero-order valence-electron chi connectivity index (χ0n) is 12.4. The fourth-order valence-corrected chi connectivity index (χ4v) is 2.95. The maximum atomic E-state index is 12.4. The summed E-state index contributed by atoms with van der Waals surface area (Å²) in [7, 11) is 0. The maximum absolute atomic E-state index is 12.4. The van der Waals surface area contributed by atoms with Gasteiger partial charge in [0.1, 0.15) is 6.33 Å². The molecule has 0 radical (unpaired) electrons. The molecule has 1 amide bonds. The zero-order chi connectivity index (χ0) is 15.5. The first kappa shape index (κ1) is 14.8. The Morgan fingerprint density at radius 3 is 3.05 bits per heavy atom. The molecule has 1 saturated heterocycles. The minimum atomic E-state index is -0.0710. The first-order chi connectivity index (χ1) is 10.7. The van der Waals surface area contributed by atoms with Gasteiger partial charge in [0, 0.05) is 19.6 Å². The van der Waals surface area contributed by atoms with E-state index in [9.17, 15) is 4.79 Å². The molecule has 2 heterocycles. The van der Waals surface area contributed by atoms with E-state index in [-0.39, 0.29) is 11.8 Å². The third kappa shape index (κ3) is 2.92. The van der Waals surface area contributed by atoms with Crippen molar-refractivity contribution >= 4 is 29.1 Å². The van der Waals surface area contributed by atoms with Crippen molar-refractivity contribution in [1.82, 2.24) is 14.8 Å². The van der Waals surface area contributed by atoms with Gasteiger partial charge < -0.3 is 9.47 Å². The van der Waals surface area contributed by atoms with Crippen LogP contribution in [-0.4, -0.2) is 33.8 Å². The molecule has 1 aliphatic heterocycles. The number of carbonyl (C=O) groups is 1. The molecule has 6 nitrogen and oxygen atoms in total. The molecule has 3 rings (SSSR count). The van der Waals surface area contributed by atoms with E-state index in [0.29, 0.717) is 17.5 Å². The van der Waals surface area contributed by atoms with Gasteiger partial charge in [-0.25, -0.2) is 0 Å². The van der Waals surface area contributed by atoms with Crippen molar-refractivity contribution in [2.24, 2.45) is 5.92 Å². The third-order valence-electron chi connectivity index (χ3n) is 3.94. The van der Waals surface area contributed by atoms with E-state index in [1.807, 2.05) is 31.2 Å². The predicted octanol–water partition coefficient (Wildman–Crippen LogP) is 2.42. The van der Waals surface area contributed by atoms with Crippen molar-refractivity contribution in [3.63, 3.8) is 0 Å². The number of carbonyl (C=O) groups excluding carboxylic acids is 1. The molecular weight excluding hydrogens is 302 g/mol. The van der Waals surface area contributed by atoms with E-state index >= 15 is 0 Å². The smallest absolute Gasteiger partial charge is 0.231 e. The summed E-state index contributed by atoms with van der Waals surface area (Å²) < 4.78 is 1.80. The summed E-state index contributed by atoms with van der Waals surface area (Å²) in [4.78, 5) is 14.5. The molecule has 0 spiro atoms. The van der Waals surface area contributed by atoms with Crippen molar-refractivity contribution in [2.75, 3.05) is 23.3 Å². The van der Waals surface area contributed by atoms with Crippen LogP contribution in [0.5, 0.6) is 0 Å². The number of para-hydroxylation sites is 1. The van der Waals surface area contributed by atoms with Crippen LogP contribution in [0, 0.1) is 5.92 Å². The Labute approximate surface area is 134 Å². The van der Waals surface area contributed by atoms with Crippen LogP contribution in [0.15, 0.2) is 30.6 Å². The quantitative estimate of drug-likeness (QED) is 0.940. The predicted molar refractivity (Wildman–Crippen MR) is 86.1 cm³/mol. The highest BCUT2D eigenvalue weighted by molar-refractivity contribution is 6.33. The Morgan fingerprint density at radius 2 is 2.27 bits per heavy atom. The lowest BCUT2D eigenvalue weighted by molar-refractivity contribution is -0.119. The van der Waals surface area contributed by atoms with Crippen LogP contribution in [0.1, 0.15) is 13.3 Å². The molecular formula is C15H18ClN5O. The number of nitrogens with zero attached hydrogens (tertiary/aromatic N) is 4. The fraction of sp³-hybridized carbons (Fsp3) is 0.400. The van der Waals surface area contributed by atoms with E-state index in [2.05, 4.69) is 20.4 Å². The lowest BCUT2D eigenvalue weighted by Gasteiger charge is -2.19. The first-order valence-corrected chi connectivity index (χ1v) is 7.75. The van der Waals surface area contributed by atoms with Crippen molar-refractivity contribution in [3.05, 3.63) is 35.6 Å². The molecule has 1 aromatic carbocycles. The number of hydrogen-bond donors (Lipinski definition) is 1. The molecule has 1 atom stereocenters. The van der Waals surface area contributed by atoms with Crippen molar-refractivity contribution in [2.45, 2.75) is 19.9 Å². The van der Waals surface area contributed by atoms with E-state index in [0.717, 1.165) is 25.2 Å². The van der Waals surface area contributed by atoms with Crippen LogP contribution in [0.4, 0.5) is 11.6 Å². The summed E-state index contributed by atoms with van der Waals surface area (Å²) in [5.41, 5.74) is 0.983. The summed E-state index contributed by atoms with van der Waals surface area (Å²) in [5.74, 6) is 0.416. The third-order valence-corrected chi connectivity index (χ3v) is 4.26. The SMILES string of the molecule is CCn1cnnc1NC(=O)C1CCN(c2ccccc2Cl)C1. The van der Waals surface area contributed by atoms with Gasteiger partial charge in [-0.05, 0) is 25.5 Å². The molecule has 0 bridgehead atoms. The Bertz CT molecular complexity index is 671. The summed E-state index contributed by atoms with van der Waals surface area (Å²) in [6.45, 7) is 4.19. The molecule has 1 aromatic heterocycles. The summed E-state index contributed by atoms with van der Waals surface area (Å²) in [5, 5.41) is 11.3. The highest BCUT2D eigenvalue weighted by atomic mass is 35.5. The van der Waals surface area contributed by atoms with E-state index in [1.165, 1.54) is 0 Å². The number of aryl methyl sites for hydroxylation is 1. The normalized spacial score (nSPS) is 17.7. The topological polar surface area (TPSA) is 63.1 Å². The number of rotatable bonds is 4. The molecule has 1 N–H and O–H groups in total. The average molecular weight is 320 g/mol. The van der Waals surface area contributed by atoms with Crippen LogP contribution in [0.25, 0.3) is 0 Å². The number of anilines is 2. The van der Waals surface area contributed by atoms with E-state index in [4.69, 9.17) is 11.6 Å². The fourth-order valence-electron chi connectivity index (χ4n) is 2.70. The van der Waals surface area contributed by atoms with Crippen LogP contribution >= 0.6 is 11.6 Å². The Kier molecular flexibility index (Phi) is 4.29. The van der Waals surface area contributed by atoms with Crippen LogP contribution in [-0.2, 0) is 11.3 Å². The molecule has 116 valence electrons. The second-order valence-corrected chi connectivity index (χ2v) is 5.72. The molecule has 0 saturated carbocycles. The minimum Gasteiger partial charge on any atom is -0.370 e. The Hall–Kier alpha value is -2.08. The number of benzene rings is 1. The lowest BCUT2D eigenvalue weighted by Crippen LogP contribution is -2.28. The molecule has 1 unspecified atom stereocenters. The van der Waals surface area contributed by atoms with Gasteiger partial charge in [-0.15, -0.1) is 10.2 Å². The molecule has 7 heteroatoms. The number of aromatic nitrogens is 3. The van der Waals surface area contributed by atoms with Gasteiger partial charge in [-0.2, -0.15) is 0 Å². The van der Waals surface area contributed by atoms with Gasteiger partial charge >= 0.3 is 0 Å². The van der Waals surface area contributed by atoms with Crippen molar-refractivity contribution in [1.29, 1.82) is 0 Å². The average Bonchev–Trinajstić information content (AvgIpc) is 3.16.